The van der Waals surface area contributed by atoms with Gasteiger partial charge in [-0.25, -0.2) is 9.59 Å². The molecule has 1 aromatic rings. The van der Waals surface area contributed by atoms with Crippen molar-refractivity contribution < 1.29 is 19.1 Å². The van der Waals surface area contributed by atoms with Crippen LogP contribution in [-0.2, 0) is 15.9 Å². The number of piperazine rings is 1. The topological polar surface area (TPSA) is 95.2 Å². The number of amides is 2. The van der Waals surface area contributed by atoms with Crippen molar-refractivity contribution in [1.29, 1.82) is 5.26 Å². The van der Waals surface area contributed by atoms with Crippen molar-refractivity contribution in [3.05, 3.63) is 35.4 Å². The molecule has 0 spiro atoms. The summed E-state index contributed by atoms with van der Waals surface area (Å²) in [6, 6.07) is 9.42. The second-order valence-electron chi connectivity index (χ2n) is 10.7. The number of hydrogen-bond acceptors (Lipinski definition) is 6. The smallest absolute Gasteiger partial charge is 0.434 e. The highest BCUT2D eigenvalue weighted by molar-refractivity contribution is 5.94. The van der Waals surface area contributed by atoms with Crippen molar-refractivity contribution in [2.24, 2.45) is 4.99 Å². The highest BCUT2D eigenvalue weighted by Crippen LogP contribution is 2.17. The van der Waals surface area contributed by atoms with Gasteiger partial charge in [0.05, 0.1) is 11.6 Å². The summed E-state index contributed by atoms with van der Waals surface area (Å²) in [6.07, 6.45) is 0.212. The molecule has 8 nitrogen and oxygen atoms in total. The van der Waals surface area contributed by atoms with E-state index >= 15 is 0 Å². The molecule has 8 heteroatoms. The molecular formula is C26H38N4O4. The molecule has 0 bridgehead atoms. The zero-order valence-corrected chi connectivity index (χ0v) is 21.6. The number of hydrogen-bond donors (Lipinski definition) is 0. The van der Waals surface area contributed by atoms with E-state index in [0.717, 1.165) is 24.4 Å². The highest BCUT2D eigenvalue weighted by Gasteiger charge is 2.30. The lowest BCUT2D eigenvalue weighted by molar-refractivity contribution is 0.00174. The molecule has 1 atom stereocenters. The third-order valence-corrected chi connectivity index (χ3v) is 5.19. The van der Waals surface area contributed by atoms with E-state index in [9.17, 15) is 9.59 Å². The average molecular weight is 471 g/mol. The van der Waals surface area contributed by atoms with Crippen LogP contribution in [0, 0.1) is 11.3 Å². The van der Waals surface area contributed by atoms with Crippen LogP contribution in [0.4, 0.5) is 9.59 Å². The Kier molecular flexibility index (Phi) is 9.22. The maximum atomic E-state index is 12.5. The fourth-order valence-electron chi connectivity index (χ4n) is 3.65. The number of aliphatic imine (C=N–C) groups is 1. The Balaban J connectivity index is 2.03. The van der Waals surface area contributed by atoms with Crippen molar-refractivity contribution in [2.75, 3.05) is 26.2 Å². The fraction of sp³-hybridized carbons (Fsp3) is 0.615. The number of carbonyl (C=O) groups excluding carboxylic acids is 2. The van der Waals surface area contributed by atoms with Crippen molar-refractivity contribution in [1.82, 2.24) is 9.80 Å². The lowest BCUT2D eigenvalue weighted by Gasteiger charge is -2.40. The molecule has 0 radical (unpaired) electrons. The lowest BCUT2D eigenvalue weighted by atomic mass is 10.0. The monoisotopic (exact) mass is 470 g/mol. The predicted molar refractivity (Wildman–Crippen MR) is 132 cm³/mol. The van der Waals surface area contributed by atoms with Gasteiger partial charge in [0, 0.05) is 44.4 Å². The maximum Gasteiger partial charge on any atom is 0.434 e. The van der Waals surface area contributed by atoms with Crippen molar-refractivity contribution >= 4 is 17.9 Å². The summed E-state index contributed by atoms with van der Waals surface area (Å²) in [6.45, 7) is 15.8. The molecule has 0 aromatic heterocycles. The summed E-state index contributed by atoms with van der Waals surface area (Å²) in [7, 11) is 0. The quantitative estimate of drug-likeness (QED) is 0.573. The molecule has 0 aliphatic carbocycles. The number of ether oxygens (including phenoxy) is 2. The van der Waals surface area contributed by atoms with Gasteiger partial charge in [-0.15, -0.1) is 0 Å². The molecule has 0 unspecified atom stereocenters. The normalized spacial score (nSPS) is 17.8. The number of nitrogens with zero attached hydrogens (tertiary/aromatic N) is 4. The highest BCUT2D eigenvalue weighted by atomic mass is 16.6. The van der Waals surface area contributed by atoms with Crippen LogP contribution in [0.1, 0.15) is 66.0 Å². The van der Waals surface area contributed by atoms with E-state index in [0.29, 0.717) is 31.5 Å². The Labute approximate surface area is 203 Å². The van der Waals surface area contributed by atoms with E-state index in [4.69, 9.17) is 14.7 Å². The van der Waals surface area contributed by atoms with E-state index in [-0.39, 0.29) is 12.1 Å². The SMILES string of the molecule is C[C@H]1CN(CC/C(Cc2ccc(C#N)cc2)=N\C(=O)OC(C)(C)C)CCN1C(=O)OC(C)(C)C. The molecule has 0 N–H and O–H groups in total. The first-order chi connectivity index (χ1) is 15.8. The molecular weight excluding hydrogens is 432 g/mol. The molecule has 2 rings (SSSR count). The molecule has 1 aliphatic heterocycles. The first-order valence-electron chi connectivity index (χ1n) is 11.8. The van der Waals surface area contributed by atoms with Crippen molar-refractivity contribution in [3.8, 4) is 6.07 Å². The summed E-state index contributed by atoms with van der Waals surface area (Å²) >= 11 is 0. The second-order valence-corrected chi connectivity index (χ2v) is 10.7. The summed E-state index contributed by atoms with van der Waals surface area (Å²) in [5.41, 5.74) is 1.15. The summed E-state index contributed by atoms with van der Waals surface area (Å²) < 4.78 is 10.9. The predicted octanol–water partition coefficient (Wildman–Crippen LogP) is 4.81. The van der Waals surface area contributed by atoms with E-state index in [1.165, 1.54) is 0 Å². The Morgan fingerprint density at radius 3 is 2.21 bits per heavy atom. The minimum absolute atomic E-state index is 0.0216. The number of nitriles is 1. The zero-order chi connectivity index (χ0) is 25.5. The van der Waals surface area contributed by atoms with Crippen LogP contribution in [0.2, 0.25) is 0 Å². The summed E-state index contributed by atoms with van der Waals surface area (Å²) in [5, 5.41) is 9.02. The van der Waals surface area contributed by atoms with Gasteiger partial charge in [-0.3, -0.25) is 4.90 Å². The molecule has 2 amide bonds. The lowest BCUT2D eigenvalue weighted by Crippen LogP contribution is -2.55. The molecule has 1 aliphatic rings. The largest absolute Gasteiger partial charge is 0.444 e. The van der Waals surface area contributed by atoms with Crippen molar-refractivity contribution in [2.45, 2.75) is 78.6 Å². The van der Waals surface area contributed by atoms with Gasteiger partial charge in [-0.05, 0) is 72.6 Å². The Morgan fingerprint density at radius 2 is 1.68 bits per heavy atom. The van der Waals surface area contributed by atoms with Gasteiger partial charge in [0.2, 0.25) is 0 Å². The molecule has 34 heavy (non-hydrogen) atoms. The first-order valence-corrected chi connectivity index (χ1v) is 11.8. The minimum atomic E-state index is -0.617. The van der Waals surface area contributed by atoms with E-state index in [1.54, 1.807) is 17.0 Å². The second kappa shape index (κ2) is 11.5. The van der Waals surface area contributed by atoms with Crippen molar-refractivity contribution in [3.63, 3.8) is 0 Å². The Hall–Kier alpha value is -2.92. The molecule has 1 fully saturated rings. The van der Waals surface area contributed by atoms with Gasteiger partial charge in [-0.1, -0.05) is 12.1 Å². The third-order valence-electron chi connectivity index (χ3n) is 5.19. The van der Waals surface area contributed by atoms with Crippen LogP contribution in [-0.4, -0.2) is 71.1 Å². The third kappa shape index (κ3) is 9.52. The molecule has 0 saturated carbocycles. The van der Waals surface area contributed by atoms with E-state index in [1.807, 2.05) is 60.6 Å². The van der Waals surface area contributed by atoms with Crippen LogP contribution < -0.4 is 0 Å². The van der Waals surface area contributed by atoms with Crippen LogP contribution in [0.15, 0.2) is 29.3 Å². The fourth-order valence-corrected chi connectivity index (χ4v) is 3.65. The molecule has 186 valence electrons. The van der Waals surface area contributed by atoms with Gasteiger partial charge in [0.25, 0.3) is 0 Å². The van der Waals surface area contributed by atoms with Gasteiger partial charge >= 0.3 is 12.2 Å². The average Bonchev–Trinajstić information content (AvgIpc) is 2.70. The van der Waals surface area contributed by atoms with Gasteiger partial charge in [0.1, 0.15) is 11.2 Å². The minimum Gasteiger partial charge on any atom is -0.444 e. The first kappa shape index (κ1) is 27.3. The van der Waals surface area contributed by atoms with Crippen LogP contribution in [0.3, 0.4) is 0 Å². The van der Waals surface area contributed by atoms with Crippen LogP contribution in [0.25, 0.3) is 0 Å². The maximum absolute atomic E-state index is 12.5. The number of rotatable bonds is 5. The summed E-state index contributed by atoms with van der Waals surface area (Å²) in [5.74, 6) is 0. The van der Waals surface area contributed by atoms with Gasteiger partial charge in [0.15, 0.2) is 0 Å². The number of benzene rings is 1. The molecule has 1 aromatic carbocycles. The molecule has 1 saturated heterocycles. The summed E-state index contributed by atoms with van der Waals surface area (Å²) in [4.78, 5) is 33.2. The van der Waals surface area contributed by atoms with E-state index in [2.05, 4.69) is 16.0 Å². The van der Waals surface area contributed by atoms with Gasteiger partial charge < -0.3 is 14.4 Å². The Bertz CT molecular complexity index is 920. The zero-order valence-electron chi connectivity index (χ0n) is 21.6. The standard InChI is InChI=1S/C26H38N4O4/c1-19-18-29(14-15-30(19)24(32)34-26(5,6)7)13-12-22(28-23(31)33-25(2,3)4)16-20-8-10-21(17-27)11-9-20/h8-11,19H,12-16,18H2,1-7H3/b28-22+/t19-/m0/s1. The van der Waals surface area contributed by atoms with E-state index < -0.39 is 17.3 Å². The van der Waals surface area contributed by atoms with Crippen LogP contribution >= 0.6 is 0 Å². The Morgan fingerprint density at radius 1 is 1.06 bits per heavy atom. The van der Waals surface area contributed by atoms with Crippen LogP contribution in [0.5, 0.6) is 0 Å². The number of carbonyl (C=O) groups is 2. The molecule has 1 heterocycles. The van der Waals surface area contributed by atoms with Gasteiger partial charge in [-0.2, -0.15) is 10.3 Å².